The second-order valence-corrected chi connectivity index (χ2v) is 3.57. The largest absolute Gasteiger partial charge is 0.480 e. The molecule has 1 unspecified atom stereocenters. The number of hydrogen-bond donors (Lipinski definition) is 1. The van der Waals surface area contributed by atoms with Crippen LogP contribution in [0.2, 0.25) is 0 Å². The van der Waals surface area contributed by atoms with Crippen LogP contribution in [0.5, 0.6) is 0 Å². The molecule has 0 aromatic heterocycles. The molecule has 2 rings (SSSR count). The Labute approximate surface area is 87.1 Å². The van der Waals surface area contributed by atoms with Gasteiger partial charge in [-0.15, -0.1) is 0 Å². The number of carboxylic acid groups (broad SMARTS) is 1. The van der Waals surface area contributed by atoms with Crippen molar-refractivity contribution in [2.45, 2.75) is 12.5 Å². The molecule has 0 spiro atoms. The molecular formula is C11H12FNO2. The molecule has 3 nitrogen and oxygen atoms in total. The summed E-state index contributed by atoms with van der Waals surface area (Å²) >= 11 is 0. The number of carboxylic acids is 1. The van der Waals surface area contributed by atoms with E-state index in [2.05, 4.69) is 0 Å². The molecule has 4 heteroatoms. The highest BCUT2D eigenvalue weighted by Crippen LogP contribution is 2.31. The molecule has 0 radical (unpaired) electrons. The van der Waals surface area contributed by atoms with Crippen LogP contribution in [0.25, 0.3) is 0 Å². The first-order valence-corrected chi connectivity index (χ1v) is 4.87. The second-order valence-electron chi connectivity index (χ2n) is 3.57. The number of anilines is 1. The van der Waals surface area contributed by atoms with Gasteiger partial charge in [0.2, 0.25) is 0 Å². The van der Waals surface area contributed by atoms with Crippen molar-refractivity contribution in [1.82, 2.24) is 0 Å². The molecule has 1 aliphatic heterocycles. The Morgan fingerprint density at radius 3 is 2.93 bits per heavy atom. The Balaban J connectivity index is 2.33. The summed E-state index contributed by atoms with van der Waals surface area (Å²) in [6, 6.07) is 6.83. The summed E-state index contributed by atoms with van der Waals surface area (Å²) in [5.41, 5.74) is 1.83. The van der Waals surface area contributed by atoms with Crippen molar-refractivity contribution in [3.8, 4) is 0 Å². The number of hydrogen-bond acceptors (Lipinski definition) is 2. The number of rotatable bonds is 3. The molecule has 0 fully saturated rings. The standard InChI is InChI=1S/C11H12FNO2/c12-5-6-13-9-4-2-1-3-8(9)7-10(13)11(14)15/h1-4,10H,5-7H2,(H,14,15). The van der Waals surface area contributed by atoms with Gasteiger partial charge in [-0.3, -0.25) is 0 Å². The van der Waals surface area contributed by atoms with E-state index in [0.717, 1.165) is 11.3 Å². The smallest absolute Gasteiger partial charge is 0.326 e. The number of alkyl halides is 1. The third-order valence-corrected chi connectivity index (χ3v) is 2.70. The van der Waals surface area contributed by atoms with Crippen LogP contribution in [0.3, 0.4) is 0 Å². The lowest BCUT2D eigenvalue weighted by atomic mass is 10.1. The summed E-state index contributed by atoms with van der Waals surface area (Å²) in [4.78, 5) is 12.6. The van der Waals surface area contributed by atoms with Gasteiger partial charge < -0.3 is 10.0 Å². The van der Waals surface area contributed by atoms with E-state index in [1.54, 1.807) is 4.90 Å². The highest BCUT2D eigenvalue weighted by Gasteiger charge is 2.33. The molecule has 0 aliphatic carbocycles. The van der Waals surface area contributed by atoms with Gasteiger partial charge in [-0.1, -0.05) is 18.2 Å². The number of fused-ring (bicyclic) bond motifs is 1. The summed E-state index contributed by atoms with van der Waals surface area (Å²) in [6.07, 6.45) is 0.464. The maximum Gasteiger partial charge on any atom is 0.326 e. The lowest BCUT2D eigenvalue weighted by Gasteiger charge is -2.22. The van der Waals surface area contributed by atoms with E-state index in [-0.39, 0.29) is 6.54 Å². The molecule has 1 N–H and O–H groups in total. The Hall–Kier alpha value is -1.58. The van der Waals surface area contributed by atoms with E-state index in [1.165, 1.54) is 0 Å². The number of nitrogens with zero attached hydrogens (tertiary/aromatic N) is 1. The fourth-order valence-electron chi connectivity index (χ4n) is 2.04. The summed E-state index contributed by atoms with van der Waals surface area (Å²) in [7, 11) is 0. The minimum atomic E-state index is -0.889. The van der Waals surface area contributed by atoms with Crippen molar-refractivity contribution in [3.05, 3.63) is 29.8 Å². The predicted molar refractivity (Wildman–Crippen MR) is 54.9 cm³/mol. The fraction of sp³-hybridized carbons (Fsp3) is 0.364. The number of para-hydroxylation sites is 1. The van der Waals surface area contributed by atoms with E-state index in [4.69, 9.17) is 5.11 Å². The molecule has 1 atom stereocenters. The molecule has 15 heavy (non-hydrogen) atoms. The Kier molecular flexibility index (Phi) is 2.58. The van der Waals surface area contributed by atoms with Gasteiger partial charge in [0.1, 0.15) is 12.7 Å². The molecular weight excluding hydrogens is 197 g/mol. The highest BCUT2D eigenvalue weighted by molar-refractivity contribution is 5.82. The number of carbonyl (C=O) groups is 1. The van der Waals surface area contributed by atoms with Crippen LogP contribution < -0.4 is 4.90 Å². The van der Waals surface area contributed by atoms with Crippen LogP contribution in [0.1, 0.15) is 5.56 Å². The van der Waals surface area contributed by atoms with Gasteiger partial charge in [-0.25, -0.2) is 9.18 Å². The van der Waals surface area contributed by atoms with Crippen LogP contribution in [-0.4, -0.2) is 30.3 Å². The van der Waals surface area contributed by atoms with E-state index < -0.39 is 18.7 Å². The minimum Gasteiger partial charge on any atom is -0.480 e. The molecule has 80 valence electrons. The zero-order valence-corrected chi connectivity index (χ0v) is 8.19. The molecule has 1 aromatic rings. The number of benzene rings is 1. The van der Waals surface area contributed by atoms with Crippen LogP contribution in [0.15, 0.2) is 24.3 Å². The van der Waals surface area contributed by atoms with Gasteiger partial charge in [0.05, 0.1) is 0 Å². The van der Waals surface area contributed by atoms with E-state index in [9.17, 15) is 9.18 Å². The monoisotopic (exact) mass is 209 g/mol. The third kappa shape index (κ3) is 1.67. The van der Waals surface area contributed by atoms with Gasteiger partial charge >= 0.3 is 5.97 Å². The first-order valence-electron chi connectivity index (χ1n) is 4.87. The van der Waals surface area contributed by atoms with Crippen molar-refractivity contribution in [2.75, 3.05) is 18.1 Å². The van der Waals surface area contributed by atoms with Crippen LogP contribution in [0, 0.1) is 0 Å². The quantitative estimate of drug-likeness (QED) is 0.819. The minimum absolute atomic E-state index is 0.147. The molecule has 1 heterocycles. The normalized spacial score (nSPS) is 19.0. The molecule has 0 saturated carbocycles. The van der Waals surface area contributed by atoms with Crippen molar-refractivity contribution in [1.29, 1.82) is 0 Å². The Morgan fingerprint density at radius 2 is 2.27 bits per heavy atom. The highest BCUT2D eigenvalue weighted by atomic mass is 19.1. The Bertz CT molecular complexity index is 381. The summed E-state index contributed by atoms with van der Waals surface area (Å²) in [6.45, 7) is -0.383. The van der Waals surface area contributed by atoms with Gasteiger partial charge in [-0.2, -0.15) is 0 Å². The molecule has 1 aliphatic rings. The topological polar surface area (TPSA) is 40.5 Å². The summed E-state index contributed by atoms with van der Waals surface area (Å²) in [5.74, 6) is -0.889. The van der Waals surface area contributed by atoms with Crippen LogP contribution >= 0.6 is 0 Å². The van der Waals surface area contributed by atoms with Crippen molar-refractivity contribution >= 4 is 11.7 Å². The first-order chi connectivity index (χ1) is 7.24. The SMILES string of the molecule is O=C(O)C1Cc2ccccc2N1CCF. The lowest BCUT2D eigenvalue weighted by molar-refractivity contribution is -0.138. The molecule has 0 saturated heterocycles. The summed E-state index contributed by atoms with van der Waals surface area (Å²) < 4.78 is 12.3. The predicted octanol–water partition coefficient (Wildman–Crippen LogP) is 1.47. The van der Waals surface area contributed by atoms with Gasteiger partial charge in [0, 0.05) is 18.7 Å². The molecule has 0 amide bonds. The van der Waals surface area contributed by atoms with Crippen LogP contribution in [-0.2, 0) is 11.2 Å². The second kappa shape index (κ2) is 3.88. The maximum absolute atomic E-state index is 12.3. The zero-order valence-electron chi connectivity index (χ0n) is 8.19. The molecule has 1 aromatic carbocycles. The Morgan fingerprint density at radius 1 is 1.53 bits per heavy atom. The van der Waals surface area contributed by atoms with Gasteiger partial charge in [-0.05, 0) is 11.6 Å². The van der Waals surface area contributed by atoms with Crippen LogP contribution in [0.4, 0.5) is 10.1 Å². The maximum atomic E-state index is 12.3. The average molecular weight is 209 g/mol. The average Bonchev–Trinajstić information content (AvgIpc) is 2.58. The third-order valence-electron chi connectivity index (χ3n) is 2.70. The summed E-state index contributed by atoms with van der Waals surface area (Å²) in [5, 5.41) is 9.02. The van der Waals surface area contributed by atoms with Crippen molar-refractivity contribution in [3.63, 3.8) is 0 Å². The van der Waals surface area contributed by atoms with Crippen molar-refractivity contribution < 1.29 is 14.3 Å². The van der Waals surface area contributed by atoms with E-state index in [1.807, 2.05) is 24.3 Å². The lowest BCUT2D eigenvalue weighted by Crippen LogP contribution is -2.39. The van der Waals surface area contributed by atoms with Crippen molar-refractivity contribution in [2.24, 2.45) is 0 Å². The van der Waals surface area contributed by atoms with Gasteiger partial charge in [0.15, 0.2) is 0 Å². The first kappa shape index (κ1) is 9.96. The van der Waals surface area contributed by atoms with E-state index in [0.29, 0.717) is 6.42 Å². The zero-order chi connectivity index (χ0) is 10.8. The fourth-order valence-corrected chi connectivity index (χ4v) is 2.04. The molecule has 0 bridgehead atoms. The van der Waals surface area contributed by atoms with Gasteiger partial charge in [0.25, 0.3) is 0 Å². The number of aliphatic carboxylic acids is 1. The van der Waals surface area contributed by atoms with E-state index >= 15 is 0 Å². The number of halogens is 1.